The number of hydrogen-bond donors (Lipinski definition) is 0. The molecule has 0 fully saturated rings. The lowest BCUT2D eigenvalue weighted by molar-refractivity contribution is 0.669. The second kappa shape index (κ2) is 38.2. The van der Waals surface area contributed by atoms with Crippen molar-refractivity contribution in [2.24, 2.45) is 0 Å². The van der Waals surface area contributed by atoms with Crippen LogP contribution in [0.4, 0.5) is 0 Å². The third kappa shape index (κ3) is 19.1. The molecular weight excluding hydrogens is 1860 g/mol. The zero-order chi connectivity index (χ0) is 82.5. The third-order valence-electron chi connectivity index (χ3n) is 19.8. The molecule has 7 heterocycles. The molecule has 0 spiro atoms. The number of fused-ring (bicyclic) bond motifs is 14. The van der Waals surface area contributed by atoms with Crippen LogP contribution in [-0.4, -0.2) is 39.5 Å². The van der Waals surface area contributed by atoms with Crippen molar-refractivity contribution in [3.05, 3.63) is 428 Å². The van der Waals surface area contributed by atoms with Crippen molar-refractivity contribution in [1.82, 2.24) is 39.5 Å². The van der Waals surface area contributed by atoms with E-state index in [1.165, 1.54) is 88.5 Å². The monoisotopic (exact) mass is 1910 g/mol. The zero-order valence-corrected chi connectivity index (χ0v) is 74.2. The molecule has 23 rings (SSSR count). The highest BCUT2D eigenvalue weighted by Crippen LogP contribution is 2.40. The Hall–Kier alpha value is -12.0. The summed E-state index contributed by atoms with van der Waals surface area (Å²) in [6.45, 7) is 0. The van der Waals surface area contributed by atoms with Gasteiger partial charge in [-0.05, 0) is 153 Å². The van der Waals surface area contributed by atoms with Crippen molar-refractivity contribution in [3.63, 3.8) is 0 Å². The van der Waals surface area contributed by atoms with Gasteiger partial charge in [0.25, 0.3) is 0 Å². The van der Waals surface area contributed by atoms with Crippen molar-refractivity contribution in [2.75, 3.05) is 0 Å². The van der Waals surface area contributed by atoms with E-state index in [0.717, 1.165) is 80.1 Å². The molecular formula is C103H65Br4Cl3N8OS2. The Balaban J connectivity index is 0.000000101. The molecule has 0 atom stereocenters. The predicted molar refractivity (Wildman–Crippen MR) is 525 cm³/mol. The molecule has 0 amide bonds. The highest BCUT2D eigenvalue weighted by Gasteiger charge is 2.16. The van der Waals surface area contributed by atoms with Gasteiger partial charge >= 0.3 is 0 Å². The molecule has 0 aliphatic rings. The fourth-order valence-corrected chi connectivity index (χ4v) is 18.8. The zero-order valence-electron chi connectivity index (χ0n) is 64.0. The summed E-state index contributed by atoms with van der Waals surface area (Å²) in [7, 11) is 0. The highest BCUT2D eigenvalue weighted by atomic mass is 79.9. The minimum absolute atomic E-state index is 0.202. The molecule has 9 nitrogen and oxygen atoms in total. The number of furan rings is 1. The Labute approximate surface area is 753 Å². The summed E-state index contributed by atoms with van der Waals surface area (Å²) in [4.78, 5) is 30.4. The summed E-state index contributed by atoms with van der Waals surface area (Å²) in [5.74, 6) is 1.81. The van der Waals surface area contributed by atoms with Gasteiger partial charge in [-0.3, -0.25) is 0 Å². The summed E-state index contributed by atoms with van der Waals surface area (Å²) in [5.41, 5.74) is 13.0. The number of rotatable bonds is 6. The van der Waals surface area contributed by atoms with Gasteiger partial charge in [0.05, 0.1) is 27.9 Å². The summed E-state index contributed by atoms with van der Waals surface area (Å²) in [6.07, 6.45) is 0. The standard InChI is InChI=1S/C18H12BrN.C18H11ClN2.C16H11ClN2.C15H10ClN3.C12H7BrO.2C12H7BrS/c19-13-10-11-18-16(12-13)15-8-4-5-9-17(15)20(18)14-6-2-1-3-7-14;19-18-20-16-8-4-3-7-15(16)17(21-18)14-10-9-12-5-1-2-6-13(12)11-14;17-15-11-14(12-7-3-1-4-8-12)18-16(19-15)13-9-5-2-6-10-13;16-15-18-13(11-7-3-1-4-8-11)17-14(19-15)12-9-5-2-6-10-12;13-8-5-6-12-10(7-8)9-3-1-2-4-11(9)14-12;13-10-6-3-5-9-8-4-1-2-7-11(8)14-12(9)10;13-8-5-6-10-9-3-1-2-4-11(9)14-12(10)7-8/h1-12H;1-11H;1-11H;1-10H;3*1-7H. The van der Waals surface area contributed by atoms with Crippen molar-refractivity contribution in [3.8, 4) is 62.4 Å². The molecule has 0 saturated carbocycles. The maximum atomic E-state index is 6.10. The van der Waals surface area contributed by atoms with Crippen LogP contribution in [0.1, 0.15) is 0 Å². The van der Waals surface area contributed by atoms with Gasteiger partial charge in [0, 0.05) is 125 Å². The Morgan fingerprint density at radius 1 is 0.273 bits per heavy atom. The minimum atomic E-state index is 0.202. The number of hydrogen-bond acceptors (Lipinski definition) is 10. The molecule has 0 saturated heterocycles. The molecule has 0 N–H and O–H groups in total. The van der Waals surface area contributed by atoms with E-state index in [-0.39, 0.29) is 10.6 Å². The van der Waals surface area contributed by atoms with Gasteiger partial charge in [0.1, 0.15) is 16.3 Å². The molecule has 121 heavy (non-hydrogen) atoms. The number of thiophene rings is 2. The quantitative estimate of drug-likeness (QED) is 0.120. The Kier molecular flexibility index (Phi) is 25.7. The van der Waals surface area contributed by atoms with Gasteiger partial charge in [-0.2, -0.15) is 9.97 Å². The van der Waals surface area contributed by atoms with Gasteiger partial charge < -0.3 is 8.98 Å². The first-order valence-electron chi connectivity index (χ1n) is 38.4. The summed E-state index contributed by atoms with van der Waals surface area (Å²) < 4.78 is 17.9. The molecule has 23 aromatic rings. The van der Waals surface area contributed by atoms with Gasteiger partial charge in [-0.1, -0.05) is 345 Å². The molecule has 0 radical (unpaired) electrons. The van der Waals surface area contributed by atoms with E-state index in [2.05, 4.69) is 297 Å². The molecule has 0 aliphatic heterocycles. The molecule has 0 bridgehead atoms. The van der Waals surface area contributed by atoms with Crippen LogP contribution in [0.3, 0.4) is 0 Å². The van der Waals surface area contributed by atoms with Crippen LogP contribution in [0, 0.1) is 0 Å². The second-order valence-electron chi connectivity index (χ2n) is 27.6. The maximum absolute atomic E-state index is 6.10. The average Bonchev–Trinajstić information content (AvgIpc) is 1.58. The van der Waals surface area contributed by atoms with E-state index in [1.54, 1.807) is 6.07 Å². The number of para-hydroxylation sites is 4. The van der Waals surface area contributed by atoms with E-state index in [4.69, 9.17) is 39.2 Å². The van der Waals surface area contributed by atoms with Crippen molar-refractivity contribution in [2.45, 2.75) is 0 Å². The Morgan fingerprint density at radius 2 is 0.752 bits per heavy atom. The van der Waals surface area contributed by atoms with Crippen LogP contribution >= 0.6 is 121 Å². The normalized spacial score (nSPS) is 10.9. The second-order valence-corrected chi connectivity index (χ2v) is 34.4. The van der Waals surface area contributed by atoms with Crippen molar-refractivity contribution in [1.29, 1.82) is 0 Å². The van der Waals surface area contributed by atoms with Gasteiger partial charge in [-0.15, -0.1) is 22.7 Å². The number of halogens is 7. The van der Waals surface area contributed by atoms with Crippen LogP contribution in [0.5, 0.6) is 0 Å². The fourth-order valence-electron chi connectivity index (χ4n) is 14.2. The Morgan fingerprint density at radius 3 is 1.43 bits per heavy atom. The molecule has 18 heteroatoms. The van der Waals surface area contributed by atoms with Gasteiger partial charge in [0.2, 0.25) is 10.6 Å². The highest BCUT2D eigenvalue weighted by molar-refractivity contribution is 9.11. The first-order valence-corrected chi connectivity index (χ1v) is 44.3. The van der Waals surface area contributed by atoms with Crippen molar-refractivity contribution < 1.29 is 4.42 Å². The first kappa shape index (κ1) is 81.4. The summed E-state index contributed by atoms with van der Waals surface area (Å²) in [6, 6.07) is 133. The van der Waals surface area contributed by atoms with Crippen LogP contribution in [-0.2, 0) is 0 Å². The Bertz CT molecular complexity index is 7340. The van der Waals surface area contributed by atoms with E-state index in [1.807, 2.05) is 217 Å². The van der Waals surface area contributed by atoms with E-state index >= 15 is 0 Å². The van der Waals surface area contributed by atoms with Crippen LogP contribution in [0.25, 0.3) is 168 Å². The van der Waals surface area contributed by atoms with Crippen molar-refractivity contribution >= 4 is 227 Å². The topological polar surface area (TPSA) is 108 Å². The van der Waals surface area contributed by atoms with Crippen LogP contribution < -0.4 is 0 Å². The molecule has 0 aliphatic carbocycles. The lowest BCUT2D eigenvalue weighted by Gasteiger charge is -2.07. The fraction of sp³-hybridized carbons (Fsp3) is 0. The smallest absolute Gasteiger partial charge is 0.226 e. The van der Waals surface area contributed by atoms with E-state index in [9.17, 15) is 0 Å². The molecule has 7 aromatic heterocycles. The van der Waals surface area contributed by atoms with Gasteiger partial charge in [0.15, 0.2) is 17.5 Å². The molecule has 16 aromatic carbocycles. The SMILES string of the molecule is Brc1ccc2c(c1)c1ccccc1n2-c1ccccc1.Brc1ccc2c(c1)sc1ccccc12.Brc1ccc2oc3ccccc3c2c1.Brc1cccc2c1sc1ccccc12.Clc1cc(-c2ccccc2)nc(-c2ccccc2)n1.Clc1nc(-c2ccc3ccccc3c2)c2ccccc2n1.Clc1nc(-c2ccccc2)nc(-c2ccccc2)n1. The predicted octanol–water partition coefficient (Wildman–Crippen LogP) is 33.0. The number of nitrogens with zero attached hydrogens (tertiary/aromatic N) is 8. The average molecular weight is 1920 g/mol. The first-order chi connectivity index (χ1) is 59.4. The number of benzene rings is 16. The van der Waals surface area contributed by atoms with Crippen LogP contribution in [0.2, 0.25) is 15.7 Å². The van der Waals surface area contributed by atoms with E-state index in [0.29, 0.717) is 22.6 Å². The summed E-state index contributed by atoms with van der Waals surface area (Å²) >= 11 is 36.0. The molecule has 584 valence electrons. The number of aromatic nitrogens is 8. The largest absolute Gasteiger partial charge is 0.456 e. The van der Waals surface area contributed by atoms with E-state index < -0.39 is 0 Å². The lowest BCUT2D eigenvalue weighted by Crippen LogP contribution is -1.96. The lowest BCUT2D eigenvalue weighted by atomic mass is 10.0. The third-order valence-corrected chi connectivity index (χ3v) is 25.0. The minimum Gasteiger partial charge on any atom is -0.456 e. The molecule has 0 unspecified atom stereocenters. The summed E-state index contributed by atoms with van der Waals surface area (Å²) in [5, 5.41) is 14.7. The van der Waals surface area contributed by atoms with Gasteiger partial charge in [-0.25, -0.2) is 24.9 Å². The van der Waals surface area contributed by atoms with Crippen LogP contribution in [0.15, 0.2) is 417 Å². The maximum Gasteiger partial charge on any atom is 0.226 e.